The minimum absolute atomic E-state index is 0.124. The number of fused-ring (bicyclic) bond motifs is 1. The number of aromatic nitrogens is 1. The molecule has 0 saturated heterocycles. The molecule has 0 radical (unpaired) electrons. The second-order valence-corrected chi connectivity index (χ2v) is 5.55. The number of amides is 1. The second kappa shape index (κ2) is 8.02. The summed E-state index contributed by atoms with van der Waals surface area (Å²) in [5, 5.41) is 3.78. The van der Waals surface area contributed by atoms with E-state index in [4.69, 9.17) is 16.3 Å². The summed E-state index contributed by atoms with van der Waals surface area (Å²) in [6.07, 6.45) is 3.68. The fourth-order valence-electron chi connectivity index (χ4n) is 2.45. The van der Waals surface area contributed by atoms with Gasteiger partial charge in [0, 0.05) is 23.9 Å². The van der Waals surface area contributed by atoms with Crippen molar-refractivity contribution in [3.63, 3.8) is 0 Å². The summed E-state index contributed by atoms with van der Waals surface area (Å²) >= 11 is 5.62. The van der Waals surface area contributed by atoms with E-state index in [0.717, 1.165) is 22.9 Å². The van der Waals surface area contributed by atoms with Crippen LogP contribution in [0, 0.1) is 0 Å². The number of alkyl halides is 1. The molecule has 6 heteroatoms. The third kappa shape index (κ3) is 4.05. The summed E-state index contributed by atoms with van der Waals surface area (Å²) < 4.78 is 5.07. The van der Waals surface area contributed by atoms with Crippen LogP contribution in [0.5, 0.6) is 0 Å². The average molecular weight is 337 g/mol. The highest BCUT2D eigenvalue weighted by atomic mass is 35.5. The van der Waals surface area contributed by atoms with E-state index in [0.29, 0.717) is 36.6 Å². The number of rotatable bonds is 7. The first-order chi connectivity index (χ1) is 11.1. The third-order valence-corrected chi connectivity index (χ3v) is 3.85. The number of esters is 1. The molecule has 124 valence electrons. The van der Waals surface area contributed by atoms with Gasteiger partial charge in [0.25, 0.3) is 0 Å². The number of carbonyl (C=O) groups excluding carboxylic acids is 2. The van der Waals surface area contributed by atoms with Crippen LogP contribution in [0.15, 0.2) is 18.3 Å². The van der Waals surface area contributed by atoms with Crippen LogP contribution in [0.25, 0.3) is 10.9 Å². The second-order valence-electron chi connectivity index (χ2n) is 5.18. The van der Waals surface area contributed by atoms with E-state index in [9.17, 15) is 9.59 Å². The van der Waals surface area contributed by atoms with Crippen molar-refractivity contribution >= 4 is 40.1 Å². The van der Waals surface area contributed by atoms with Crippen LogP contribution in [0.4, 0.5) is 5.69 Å². The van der Waals surface area contributed by atoms with Gasteiger partial charge >= 0.3 is 5.97 Å². The van der Waals surface area contributed by atoms with Crippen LogP contribution in [-0.4, -0.2) is 29.3 Å². The molecule has 2 N–H and O–H groups in total. The topological polar surface area (TPSA) is 71.2 Å². The summed E-state index contributed by atoms with van der Waals surface area (Å²) in [6, 6.07) is 3.45. The number of benzene rings is 1. The molecule has 1 amide bonds. The van der Waals surface area contributed by atoms with Crippen molar-refractivity contribution in [2.24, 2.45) is 0 Å². The van der Waals surface area contributed by atoms with Crippen molar-refractivity contribution in [2.75, 3.05) is 17.8 Å². The van der Waals surface area contributed by atoms with Crippen molar-refractivity contribution in [3.8, 4) is 0 Å². The fourth-order valence-corrected chi connectivity index (χ4v) is 2.58. The van der Waals surface area contributed by atoms with E-state index in [1.165, 1.54) is 0 Å². The van der Waals surface area contributed by atoms with Gasteiger partial charge in [0.05, 0.1) is 23.4 Å². The summed E-state index contributed by atoms with van der Waals surface area (Å²) in [5.74, 6) is -0.0803. The number of ether oxygens (including phenoxy) is 1. The summed E-state index contributed by atoms with van der Waals surface area (Å²) in [4.78, 5) is 27.2. The van der Waals surface area contributed by atoms with Crippen molar-refractivity contribution in [3.05, 3.63) is 29.5 Å². The number of aryl methyl sites for hydroxylation is 1. The van der Waals surface area contributed by atoms with Gasteiger partial charge in [0.1, 0.15) is 0 Å². The van der Waals surface area contributed by atoms with Crippen LogP contribution in [-0.2, 0) is 16.0 Å². The van der Waals surface area contributed by atoms with E-state index in [1.807, 2.05) is 13.1 Å². The summed E-state index contributed by atoms with van der Waals surface area (Å²) in [5.41, 5.74) is 2.92. The van der Waals surface area contributed by atoms with E-state index < -0.39 is 5.97 Å². The molecule has 0 aliphatic carbocycles. The lowest BCUT2D eigenvalue weighted by atomic mass is 10.1. The zero-order chi connectivity index (χ0) is 16.8. The van der Waals surface area contributed by atoms with Crippen LogP contribution in [0.2, 0.25) is 0 Å². The minimum Gasteiger partial charge on any atom is -0.462 e. The van der Waals surface area contributed by atoms with Gasteiger partial charge in [-0.25, -0.2) is 4.79 Å². The fraction of sp³-hybridized carbons (Fsp3) is 0.412. The normalized spacial score (nSPS) is 10.7. The lowest BCUT2D eigenvalue weighted by molar-refractivity contribution is -0.116. The van der Waals surface area contributed by atoms with E-state index >= 15 is 0 Å². The summed E-state index contributed by atoms with van der Waals surface area (Å²) in [6.45, 7) is 4.11. The number of carbonyl (C=O) groups is 2. The molecule has 0 bridgehead atoms. The minimum atomic E-state index is -0.395. The van der Waals surface area contributed by atoms with Gasteiger partial charge in [-0.15, -0.1) is 11.6 Å². The largest absolute Gasteiger partial charge is 0.462 e. The first kappa shape index (κ1) is 17.3. The highest BCUT2D eigenvalue weighted by Gasteiger charge is 2.15. The van der Waals surface area contributed by atoms with Crippen molar-refractivity contribution in [2.45, 2.75) is 33.1 Å². The maximum absolute atomic E-state index is 12.1. The van der Waals surface area contributed by atoms with Crippen molar-refractivity contribution in [1.29, 1.82) is 0 Å². The number of H-pyrrole nitrogens is 1. The zero-order valence-electron chi connectivity index (χ0n) is 13.4. The van der Waals surface area contributed by atoms with Crippen LogP contribution >= 0.6 is 11.6 Å². The Morgan fingerprint density at radius 1 is 1.30 bits per heavy atom. The molecule has 5 nitrogen and oxygen atoms in total. The molecule has 1 aromatic carbocycles. The Morgan fingerprint density at radius 2 is 2.09 bits per heavy atom. The highest BCUT2D eigenvalue weighted by Crippen LogP contribution is 2.28. The van der Waals surface area contributed by atoms with Crippen LogP contribution in [0.3, 0.4) is 0 Å². The Balaban J connectivity index is 2.42. The molecule has 1 heterocycles. The van der Waals surface area contributed by atoms with Crippen molar-refractivity contribution in [1.82, 2.24) is 4.98 Å². The molecule has 23 heavy (non-hydrogen) atoms. The van der Waals surface area contributed by atoms with Gasteiger partial charge in [-0.05, 0) is 37.5 Å². The predicted molar refractivity (Wildman–Crippen MR) is 92.2 cm³/mol. The van der Waals surface area contributed by atoms with E-state index in [2.05, 4.69) is 10.3 Å². The molecular weight excluding hydrogens is 316 g/mol. The molecule has 0 saturated carbocycles. The highest BCUT2D eigenvalue weighted by molar-refractivity contribution is 6.18. The van der Waals surface area contributed by atoms with Gasteiger partial charge in [0.15, 0.2) is 0 Å². The Morgan fingerprint density at radius 3 is 2.74 bits per heavy atom. The quantitative estimate of drug-likeness (QED) is 0.595. The first-order valence-corrected chi connectivity index (χ1v) is 8.31. The van der Waals surface area contributed by atoms with Crippen molar-refractivity contribution < 1.29 is 14.3 Å². The molecule has 1 aromatic heterocycles. The molecular formula is C17H21ClN2O3. The predicted octanol–water partition coefficient (Wildman–Crippen LogP) is 3.86. The number of anilines is 1. The molecule has 0 atom stereocenters. The molecule has 0 unspecified atom stereocenters. The Bertz CT molecular complexity index is 709. The number of hydrogen-bond donors (Lipinski definition) is 2. The Hall–Kier alpha value is -2.01. The smallest absolute Gasteiger partial charge is 0.338 e. The first-order valence-electron chi connectivity index (χ1n) is 7.77. The zero-order valence-corrected chi connectivity index (χ0v) is 14.1. The maximum Gasteiger partial charge on any atom is 0.338 e. The Labute approximate surface area is 140 Å². The molecule has 2 rings (SSSR count). The Kier molecular flexibility index (Phi) is 6.04. The number of halogens is 1. The monoisotopic (exact) mass is 336 g/mol. The van der Waals surface area contributed by atoms with Gasteiger partial charge in [-0.3, -0.25) is 4.79 Å². The molecule has 0 aliphatic heterocycles. The maximum atomic E-state index is 12.1. The van der Waals surface area contributed by atoms with Gasteiger partial charge in [-0.1, -0.05) is 6.92 Å². The molecule has 0 spiro atoms. The molecule has 0 fully saturated rings. The van der Waals surface area contributed by atoms with Gasteiger partial charge in [-0.2, -0.15) is 0 Å². The third-order valence-electron chi connectivity index (χ3n) is 3.58. The van der Waals surface area contributed by atoms with E-state index in [1.54, 1.807) is 19.1 Å². The van der Waals surface area contributed by atoms with E-state index in [-0.39, 0.29) is 5.91 Å². The molecule has 0 aliphatic rings. The van der Waals surface area contributed by atoms with Gasteiger partial charge in [0.2, 0.25) is 5.91 Å². The molecule has 2 aromatic rings. The SMILES string of the molecule is CCOC(=O)c1cc(NC(=O)CCCCl)c2[nH]cc(CC)c2c1. The number of hydrogen-bond acceptors (Lipinski definition) is 3. The summed E-state index contributed by atoms with van der Waals surface area (Å²) in [7, 11) is 0. The lowest BCUT2D eigenvalue weighted by Crippen LogP contribution is -2.13. The van der Waals surface area contributed by atoms with Crippen LogP contribution in [0.1, 0.15) is 42.6 Å². The van der Waals surface area contributed by atoms with Gasteiger partial charge < -0.3 is 15.0 Å². The number of aromatic amines is 1. The number of nitrogens with one attached hydrogen (secondary N) is 2. The van der Waals surface area contributed by atoms with Crippen LogP contribution < -0.4 is 5.32 Å². The lowest BCUT2D eigenvalue weighted by Gasteiger charge is -2.10. The average Bonchev–Trinajstić information content (AvgIpc) is 2.96. The standard InChI is InChI=1S/C17H21ClN2O3/c1-3-11-10-19-16-13(11)8-12(17(22)23-4-2)9-14(16)20-15(21)6-5-7-18/h8-10,19H,3-7H2,1-2H3,(H,20,21).